The summed E-state index contributed by atoms with van der Waals surface area (Å²) in [6.45, 7) is 8.11. The predicted molar refractivity (Wildman–Crippen MR) is 85.6 cm³/mol. The average Bonchev–Trinajstić information content (AvgIpc) is 2.93. The van der Waals surface area contributed by atoms with Crippen molar-refractivity contribution in [3.8, 4) is 0 Å². The topological polar surface area (TPSA) is 27.7 Å². The molecule has 1 N–H and O–H groups in total. The molecule has 0 radical (unpaired) electrons. The van der Waals surface area contributed by atoms with Gasteiger partial charge in [0.1, 0.15) is 0 Å². The first-order valence-corrected chi connectivity index (χ1v) is 9.28. The van der Waals surface area contributed by atoms with Crippen molar-refractivity contribution in [3.63, 3.8) is 0 Å². The van der Waals surface area contributed by atoms with Gasteiger partial charge >= 0.3 is 0 Å². The maximum Gasteiger partial charge on any atom is 0.0795 e. The quantitative estimate of drug-likeness (QED) is 0.832. The summed E-state index contributed by atoms with van der Waals surface area (Å²) in [6, 6.07) is 0.727. The predicted octanol–water partition coefficient (Wildman–Crippen LogP) is 0.878. The summed E-state index contributed by atoms with van der Waals surface area (Å²) in [5, 5.41) is 3.42. The Bertz CT molecular complexity index is 303. The molecule has 3 heterocycles. The molecule has 0 amide bonds. The number of piperazine rings is 1. The van der Waals surface area contributed by atoms with Crippen LogP contribution in [0.25, 0.3) is 0 Å². The summed E-state index contributed by atoms with van der Waals surface area (Å²) in [4.78, 5) is 5.18. The van der Waals surface area contributed by atoms with Gasteiger partial charge in [0, 0.05) is 57.7 Å². The second kappa shape index (κ2) is 6.97. The van der Waals surface area contributed by atoms with Crippen LogP contribution in [0.2, 0.25) is 0 Å². The molecule has 3 aliphatic heterocycles. The Morgan fingerprint density at radius 3 is 3.00 bits per heavy atom. The third-order valence-electron chi connectivity index (χ3n) is 5.14. The van der Waals surface area contributed by atoms with Gasteiger partial charge in [-0.05, 0) is 32.1 Å². The van der Waals surface area contributed by atoms with Crippen molar-refractivity contribution < 1.29 is 4.74 Å². The molecule has 0 aromatic heterocycles. The molecule has 0 aliphatic carbocycles. The van der Waals surface area contributed by atoms with Crippen molar-refractivity contribution in [2.75, 3.05) is 64.4 Å². The number of hydrogen-bond acceptors (Lipinski definition) is 5. The molecule has 3 saturated heterocycles. The molecule has 0 saturated carbocycles. The minimum absolute atomic E-state index is 0.219. The van der Waals surface area contributed by atoms with Crippen LogP contribution in [-0.2, 0) is 4.74 Å². The minimum Gasteiger partial charge on any atom is -0.374 e. The molecule has 3 fully saturated rings. The third-order valence-corrected chi connectivity index (χ3v) is 6.36. The molecule has 2 atom stereocenters. The zero-order valence-corrected chi connectivity index (χ0v) is 13.6. The molecule has 1 spiro atoms. The van der Waals surface area contributed by atoms with E-state index in [0.29, 0.717) is 0 Å². The van der Waals surface area contributed by atoms with E-state index in [0.717, 1.165) is 25.7 Å². The highest BCUT2D eigenvalue weighted by Crippen LogP contribution is 2.39. The Morgan fingerprint density at radius 1 is 1.40 bits per heavy atom. The van der Waals surface area contributed by atoms with Crippen LogP contribution in [-0.4, -0.2) is 85.9 Å². The first kappa shape index (κ1) is 15.1. The van der Waals surface area contributed by atoms with Crippen molar-refractivity contribution >= 4 is 11.8 Å². The lowest BCUT2D eigenvalue weighted by Crippen LogP contribution is -2.50. The van der Waals surface area contributed by atoms with Gasteiger partial charge in [-0.3, -0.25) is 4.90 Å². The van der Waals surface area contributed by atoms with Crippen LogP contribution in [0, 0.1) is 0 Å². The number of nitrogens with one attached hydrogen (secondary N) is 1. The van der Waals surface area contributed by atoms with E-state index in [4.69, 9.17) is 4.74 Å². The van der Waals surface area contributed by atoms with E-state index >= 15 is 0 Å². The number of nitrogens with zero attached hydrogens (tertiary/aromatic N) is 2. The minimum atomic E-state index is 0.219. The van der Waals surface area contributed by atoms with Gasteiger partial charge in [-0.15, -0.1) is 0 Å². The molecule has 3 rings (SSSR count). The Balaban J connectivity index is 1.45. The Labute approximate surface area is 127 Å². The highest BCUT2D eigenvalue weighted by Gasteiger charge is 2.41. The van der Waals surface area contributed by atoms with E-state index in [-0.39, 0.29) is 5.60 Å². The Hall–Kier alpha value is 0.190. The molecule has 5 heteroatoms. The number of thioether (sulfide) groups is 1. The summed E-state index contributed by atoms with van der Waals surface area (Å²) in [5.41, 5.74) is 0.219. The van der Waals surface area contributed by atoms with E-state index in [9.17, 15) is 0 Å². The number of hydrogen-bond donors (Lipinski definition) is 1. The van der Waals surface area contributed by atoms with Crippen LogP contribution in [0.1, 0.15) is 19.3 Å². The summed E-state index contributed by atoms with van der Waals surface area (Å²) >= 11 is 2.07. The SMILES string of the molecule is CN(CCN1CCNCC1)C1CCOC2(CCSC2)C1. The van der Waals surface area contributed by atoms with Gasteiger partial charge in [-0.25, -0.2) is 0 Å². The summed E-state index contributed by atoms with van der Waals surface area (Å²) in [6.07, 6.45) is 3.72. The number of likely N-dealkylation sites (N-methyl/N-ethyl adjacent to an activating group) is 1. The molecule has 2 unspecified atom stereocenters. The van der Waals surface area contributed by atoms with Gasteiger partial charge in [0.25, 0.3) is 0 Å². The van der Waals surface area contributed by atoms with Crippen LogP contribution in [0.4, 0.5) is 0 Å². The van der Waals surface area contributed by atoms with Gasteiger partial charge in [0.2, 0.25) is 0 Å². The van der Waals surface area contributed by atoms with Crippen molar-refractivity contribution in [1.29, 1.82) is 0 Å². The number of ether oxygens (including phenoxy) is 1. The van der Waals surface area contributed by atoms with E-state index in [2.05, 4.69) is 33.9 Å². The van der Waals surface area contributed by atoms with Crippen LogP contribution in [0.15, 0.2) is 0 Å². The largest absolute Gasteiger partial charge is 0.374 e. The van der Waals surface area contributed by atoms with Gasteiger partial charge in [-0.2, -0.15) is 11.8 Å². The van der Waals surface area contributed by atoms with Crippen LogP contribution >= 0.6 is 11.8 Å². The molecule has 3 aliphatic rings. The van der Waals surface area contributed by atoms with E-state index < -0.39 is 0 Å². The molecule has 20 heavy (non-hydrogen) atoms. The first-order valence-electron chi connectivity index (χ1n) is 8.12. The molecule has 116 valence electrons. The lowest BCUT2D eigenvalue weighted by atomic mass is 9.89. The normalized spacial score (nSPS) is 36.0. The van der Waals surface area contributed by atoms with Gasteiger partial charge in [0.15, 0.2) is 0 Å². The molecular weight excluding hydrogens is 270 g/mol. The molecular formula is C15H29N3OS. The maximum absolute atomic E-state index is 6.14. The van der Waals surface area contributed by atoms with Crippen molar-refractivity contribution in [3.05, 3.63) is 0 Å². The highest BCUT2D eigenvalue weighted by molar-refractivity contribution is 7.99. The Morgan fingerprint density at radius 2 is 2.25 bits per heavy atom. The number of rotatable bonds is 4. The first-order chi connectivity index (χ1) is 9.77. The lowest BCUT2D eigenvalue weighted by Gasteiger charge is -2.42. The van der Waals surface area contributed by atoms with Gasteiger partial charge in [-0.1, -0.05) is 0 Å². The summed E-state index contributed by atoms with van der Waals surface area (Å²) < 4.78 is 6.14. The van der Waals surface area contributed by atoms with Crippen LogP contribution in [0.5, 0.6) is 0 Å². The average molecular weight is 299 g/mol. The summed E-state index contributed by atoms with van der Waals surface area (Å²) in [7, 11) is 2.31. The zero-order chi connectivity index (χ0) is 13.8. The van der Waals surface area contributed by atoms with Crippen molar-refractivity contribution in [2.45, 2.75) is 30.9 Å². The van der Waals surface area contributed by atoms with Crippen molar-refractivity contribution in [1.82, 2.24) is 15.1 Å². The smallest absolute Gasteiger partial charge is 0.0795 e. The standard InChI is InChI=1S/C15H29N3OS/c1-17(8-9-18-6-4-16-5-7-18)14-2-10-19-15(12-14)3-11-20-13-15/h14,16H,2-13H2,1H3. The van der Waals surface area contributed by atoms with Crippen LogP contribution in [0.3, 0.4) is 0 Å². The summed E-state index contributed by atoms with van der Waals surface area (Å²) in [5.74, 6) is 2.51. The molecule has 0 bridgehead atoms. The fourth-order valence-electron chi connectivity index (χ4n) is 3.66. The zero-order valence-electron chi connectivity index (χ0n) is 12.8. The molecule has 4 nitrogen and oxygen atoms in total. The second-order valence-electron chi connectivity index (χ2n) is 6.55. The second-order valence-corrected chi connectivity index (χ2v) is 7.66. The maximum atomic E-state index is 6.14. The monoisotopic (exact) mass is 299 g/mol. The fourth-order valence-corrected chi connectivity index (χ4v) is 5.04. The van der Waals surface area contributed by atoms with E-state index in [1.807, 2.05) is 0 Å². The van der Waals surface area contributed by atoms with E-state index in [1.165, 1.54) is 56.9 Å². The van der Waals surface area contributed by atoms with Gasteiger partial charge < -0.3 is 15.0 Å². The Kier molecular flexibility index (Phi) is 5.26. The fraction of sp³-hybridized carbons (Fsp3) is 1.00. The molecule has 0 aromatic rings. The molecule has 0 aromatic carbocycles. The van der Waals surface area contributed by atoms with Crippen LogP contribution < -0.4 is 5.32 Å². The lowest BCUT2D eigenvalue weighted by molar-refractivity contribution is -0.0869. The van der Waals surface area contributed by atoms with Crippen molar-refractivity contribution in [2.24, 2.45) is 0 Å². The van der Waals surface area contributed by atoms with E-state index in [1.54, 1.807) is 0 Å². The highest BCUT2D eigenvalue weighted by atomic mass is 32.2. The van der Waals surface area contributed by atoms with Gasteiger partial charge in [0.05, 0.1) is 5.60 Å². The third kappa shape index (κ3) is 3.69.